The maximum Gasteiger partial charge on any atom is 0.328 e. The van der Waals surface area contributed by atoms with E-state index in [1.165, 1.54) is 7.11 Å². The van der Waals surface area contributed by atoms with Crippen LogP contribution in [0.25, 0.3) is 0 Å². The number of nitrogens with zero attached hydrogens (tertiary/aromatic N) is 1. The molecule has 1 aromatic heterocycles. The number of aromatic amines is 1. The van der Waals surface area contributed by atoms with Gasteiger partial charge >= 0.3 is 5.69 Å². The Kier molecular flexibility index (Phi) is 4.07. The van der Waals surface area contributed by atoms with Gasteiger partial charge in [0.2, 0.25) is 5.91 Å². The van der Waals surface area contributed by atoms with Crippen molar-refractivity contribution in [1.82, 2.24) is 9.55 Å². The number of hydrogen-bond acceptors (Lipinski definition) is 5. The maximum absolute atomic E-state index is 11.9. The first-order valence-electron chi connectivity index (χ1n) is 6.03. The van der Waals surface area contributed by atoms with Crippen molar-refractivity contribution in [2.24, 2.45) is 0 Å². The molecule has 2 aromatic rings. The number of benzene rings is 1. The Hall–Kier alpha value is -3.03. The van der Waals surface area contributed by atoms with Gasteiger partial charge in [-0.25, -0.2) is 4.79 Å². The molecular formula is C13H14N4O4. The maximum atomic E-state index is 11.9. The molecule has 0 aliphatic heterocycles. The fraction of sp³-hybridized carbons (Fsp3) is 0.154. The Bertz CT molecular complexity index is 778. The van der Waals surface area contributed by atoms with E-state index in [1.54, 1.807) is 24.3 Å². The second kappa shape index (κ2) is 5.95. The molecule has 0 saturated heterocycles. The number of H-pyrrole nitrogens is 1. The molecule has 1 amide bonds. The number of aromatic nitrogens is 2. The zero-order valence-electron chi connectivity index (χ0n) is 11.3. The van der Waals surface area contributed by atoms with Crippen molar-refractivity contribution in [3.8, 4) is 5.75 Å². The average molecular weight is 290 g/mol. The van der Waals surface area contributed by atoms with Gasteiger partial charge in [-0.1, -0.05) is 6.07 Å². The van der Waals surface area contributed by atoms with Crippen LogP contribution in [0.4, 0.5) is 11.4 Å². The van der Waals surface area contributed by atoms with E-state index in [4.69, 9.17) is 10.5 Å². The summed E-state index contributed by atoms with van der Waals surface area (Å²) in [6.45, 7) is -0.267. The fourth-order valence-corrected chi connectivity index (χ4v) is 1.70. The summed E-state index contributed by atoms with van der Waals surface area (Å²) in [6.07, 6.45) is 1.13. The molecular weight excluding hydrogens is 276 g/mol. The highest BCUT2D eigenvalue weighted by Crippen LogP contribution is 2.16. The second-order valence-electron chi connectivity index (χ2n) is 4.25. The highest BCUT2D eigenvalue weighted by Gasteiger charge is 2.07. The SMILES string of the molecule is COc1cccc(NC(=O)Cn2cc(N)c(=O)[nH]c2=O)c1. The quantitative estimate of drug-likeness (QED) is 0.718. The van der Waals surface area contributed by atoms with Gasteiger partial charge in [-0.3, -0.25) is 19.1 Å². The molecule has 0 bridgehead atoms. The molecule has 2 rings (SSSR count). The van der Waals surface area contributed by atoms with Crippen molar-refractivity contribution in [3.05, 3.63) is 51.3 Å². The third kappa shape index (κ3) is 3.50. The second-order valence-corrected chi connectivity index (χ2v) is 4.25. The zero-order valence-corrected chi connectivity index (χ0v) is 11.3. The Balaban J connectivity index is 2.13. The molecule has 0 radical (unpaired) electrons. The first kappa shape index (κ1) is 14.4. The molecule has 21 heavy (non-hydrogen) atoms. The minimum absolute atomic E-state index is 0.135. The minimum atomic E-state index is -0.699. The number of hydrogen-bond donors (Lipinski definition) is 3. The molecule has 0 aliphatic rings. The number of anilines is 2. The summed E-state index contributed by atoms with van der Waals surface area (Å²) in [4.78, 5) is 36.6. The van der Waals surface area contributed by atoms with Gasteiger partial charge in [0.05, 0.1) is 7.11 Å². The molecule has 0 saturated carbocycles. The summed E-state index contributed by atoms with van der Waals surface area (Å²) in [6, 6.07) is 6.79. The highest BCUT2D eigenvalue weighted by atomic mass is 16.5. The van der Waals surface area contributed by atoms with Gasteiger partial charge in [0.1, 0.15) is 18.0 Å². The lowest BCUT2D eigenvalue weighted by molar-refractivity contribution is -0.116. The van der Waals surface area contributed by atoms with Gasteiger partial charge in [-0.15, -0.1) is 0 Å². The van der Waals surface area contributed by atoms with Crippen molar-refractivity contribution in [2.75, 3.05) is 18.2 Å². The lowest BCUT2D eigenvalue weighted by Crippen LogP contribution is -2.34. The van der Waals surface area contributed by atoms with E-state index in [-0.39, 0.29) is 12.2 Å². The number of nitrogen functional groups attached to an aromatic ring is 1. The zero-order chi connectivity index (χ0) is 15.4. The smallest absolute Gasteiger partial charge is 0.328 e. The number of nitrogens with one attached hydrogen (secondary N) is 2. The van der Waals surface area contributed by atoms with Crippen LogP contribution >= 0.6 is 0 Å². The number of nitrogens with two attached hydrogens (primary N) is 1. The number of amides is 1. The lowest BCUT2D eigenvalue weighted by atomic mass is 10.3. The van der Waals surface area contributed by atoms with Crippen LogP contribution in [-0.2, 0) is 11.3 Å². The Morgan fingerprint density at radius 1 is 1.43 bits per heavy atom. The molecule has 0 fully saturated rings. The molecule has 0 spiro atoms. The summed E-state index contributed by atoms with van der Waals surface area (Å²) < 4.78 is 6.06. The number of methoxy groups -OCH3 is 1. The molecule has 110 valence electrons. The fourth-order valence-electron chi connectivity index (χ4n) is 1.70. The molecule has 8 nitrogen and oxygen atoms in total. The highest BCUT2D eigenvalue weighted by molar-refractivity contribution is 5.90. The summed E-state index contributed by atoms with van der Waals surface area (Å²) in [7, 11) is 1.52. The first-order valence-corrected chi connectivity index (χ1v) is 6.03. The number of rotatable bonds is 4. The predicted octanol–water partition coefficient (Wildman–Crippen LogP) is -0.234. The van der Waals surface area contributed by atoms with Crippen molar-refractivity contribution < 1.29 is 9.53 Å². The lowest BCUT2D eigenvalue weighted by Gasteiger charge is -2.08. The molecule has 0 unspecified atom stereocenters. The van der Waals surface area contributed by atoms with E-state index in [9.17, 15) is 14.4 Å². The van der Waals surface area contributed by atoms with Crippen LogP contribution in [0.2, 0.25) is 0 Å². The van der Waals surface area contributed by atoms with Gasteiger partial charge < -0.3 is 15.8 Å². The minimum Gasteiger partial charge on any atom is -0.497 e. The first-order chi connectivity index (χ1) is 9.99. The van der Waals surface area contributed by atoms with Gasteiger partial charge in [0, 0.05) is 18.0 Å². The Labute approximate surface area is 119 Å². The largest absolute Gasteiger partial charge is 0.497 e. The monoisotopic (exact) mass is 290 g/mol. The molecule has 8 heteroatoms. The van der Waals surface area contributed by atoms with Gasteiger partial charge in [0.15, 0.2) is 0 Å². The van der Waals surface area contributed by atoms with Crippen LogP contribution in [0.3, 0.4) is 0 Å². The third-order valence-corrected chi connectivity index (χ3v) is 2.71. The van der Waals surface area contributed by atoms with Gasteiger partial charge in [-0.2, -0.15) is 0 Å². The van der Waals surface area contributed by atoms with Crippen LogP contribution in [0.15, 0.2) is 40.1 Å². The predicted molar refractivity (Wildman–Crippen MR) is 77.4 cm³/mol. The summed E-state index contributed by atoms with van der Waals surface area (Å²) in [5, 5.41) is 2.61. The molecule has 1 heterocycles. The number of carbonyl (C=O) groups is 1. The molecule has 4 N–H and O–H groups in total. The van der Waals surface area contributed by atoms with Crippen molar-refractivity contribution in [3.63, 3.8) is 0 Å². The Morgan fingerprint density at radius 3 is 2.90 bits per heavy atom. The van der Waals surface area contributed by atoms with Crippen LogP contribution in [0.5, 0.6) is 5.75 Å². The van der Waals surface area contributed by atoms with Crippen LogP contribution in [-0.4, -0.2) is 22.6 Å². The van der Waals surface area contributed by atoms with E-state index in [2.05, 4.69) is 5.32 Å². The third-order valence-electron chi connectivity index (χ3n) is 2.71. The standard InChI is InChI=1S/C13H14N4O4/c1-21-9-4-2-3-8(5-9)15-11(18)7-17-6-10(14)12(19)16-13(17)20/h2-6H,7,14H2,1H3,(H,15,18)(H,16,19,20). The van der Waals surface area contributed by atoms with E-state index >= 15 is 0 Å². The molecule has 0 atom stereocenters. The van der Waals surface area contributed by atoms with Crippen LogP contribution in [0, 0.1) is 0 Å². The molecule has 0 aliphatic carbocycles. The van der Waals surface area contributed by atoms with Crippen LogP contribution < -0.4 is 27.0 Å². The number of ether oxygens (including phenoxy) is 1. The van der Waals surface area contributed by atoms with Crippen molar-refractivity contribution in [2.45, 2.75) is 6.54 Å². The van der Waals surface area contributed by atoms with Crippen molar-refractivity contribution in [1.29, 1.82) is 0 Å². The van der Waals surface area contributed by atoms with E-state index < -0.39 is 17.2 Å². The molecule has 1 aromatic carbocycles. The summed E-state index contributed by atoms with van der Waals surface area (Å²) >= 11 is 0. The van der Waals surface area contributed by atoms with Crippen molar-refractivity contribution >= 4 is 17.3 Å². The van der Waals surface area contributed by atoms with E-state index in [0.717, 1.165) is 10.8 Å². The average Bonchev–Trinajstić information content (AvgIpc) is 2.45. The summed E-state index contributed by atoms with van der Waals surface area (Å²) in [5.41, 5.74) is 4.43. The topological polar surface area (TPSA) is 119 Å². The van der Waals surface area contributed by atoms with Crippen LogP contribution in [0.1, 0.15) is 0 Å². The normalized spacial score (nSPS) is 10.1. The van der Waals surface area contributed by atoms with Gasteiger partial charge in [0.25, 0.3) is 5.56 Å². The van der Waals surface area contributed by atoms with Gasteiger partial charge in [-0.05, 0) is 12.1 Å². The summed E-state index contributed by atoms with van der Waals surface area (Å²) in [5.74, 6) is 0.162. The van der Waals surface area contributed by atoms with E-state index in [1.807, 2.05) is 4.98 Å². The Morgan fingerprint density at radius 2 is 2.19 bits per heavy atom. The van der Waals surface area contributed by atoms with E-state index in [0.29, 0.717) is 11.4 Å². The number of carbonyl (C=O) groups excluding carboxylic acids is 1.